The number of carbonyl (C=O) groups excluding carboxylic acids is 1. The first-order chi connectivity index (χ1) is 8.91. The zero-order valence-electron chi connectivity index (χ0n) is 12.0. The molecule has 0 saturated heterocycles. The van der Waals surface area contributed by atoms with Gasteiger partial charge in [-0.15, -0.1) is 0 Å². The summed E-state index contributed by atoms with van der Waals surface area (Å²) in [4.78, 5) is 24.7. The fraction of sp³-hybridized carbons (Fsp3) is 0.714. The first-order valence-electron chi connectivity index (χ1n) is 6.83. The van der Waals surface area contributed by atoms with Crippen LogP contribution in [0.3, 0.4) is 0 Å². The number of likely N-dealkylation sites (N-methyl/N-ethyl adjacent to an activating group) is 1. The number of rotatable bonds is 7. The Morgan fingerprint density at radius 1 is 1.47 bits per heavy atom. The number of carboxylic acid groups (broad SMARTS) is 1. The number of nitrogens with zero attached hydrogens (tertiary/aromatic N) is 1. The standard InChI is InChI=1S/C14H24N2O3/c1-10(2)8-12(14(18)19)15-9-13(17)16(3)11-6-4-5-7-11/h6,10,12,15H,4-5,7-9H2,1-3H3,(H,18,19). The Morgan fingerprint density at radius 2 is 2.16 bits per heavy atom. The number of aliphatic carboxylic acids is 1. The van der Waals surface area contributed by atoms with Crippen molar-refractivity contribution in [3.05, 3.63) is 11.8 Å². The molecule has 1 aliphatic rings. The van der Waals surface area contributed by atoms with Gasteiger partial charge >= 0.3 is 5.97 Å². The monoisotopic (exact) mass is 268 g/mol. The largest absolute Gasteiger partial charge is 0.480 e. The van der Waals surface area contributed by atoms with Crippen LogP contribution in [0.15, 0.2) is 11.8 Å². The SMILES string of the molecule is CC(C)CC(NCC(=O)N(C)C1=CCCC1)C(=O)O. The van der Waals surface area contributed by atoms with Crippen LogP contribution in [0, 0.1) is 5.92 Å². The van der Waals surface area contributed by atoms with E-state index in [0.717, 1.165) is 25.0 Å². The summed E-state index contributed by atoms with van der Waals surface area (Å²) in [6, 6.07) is -0.657. The van der Waals surface area contributed by atoms with Gasteiger partial charge in [-0.25, -0.2) is 0 Å². The highest BCUT2D eigenvalue weighted by atomic mass is 16.4. The van der Waals surface area contributed by atoms with Gasteiger partial charge in [-0.05, 0) is 31.6 Å². The molecule has 0 aromatic heterocycles. The Morgan fingerprint density at radius 3 is 2.63 bits per heavy atom. The van der Waals surface area contributed by atoms with E-state index >= 15 is 0 Å². The molecule has 0 saturated carbocycles. The molecule has 0 fully saturated rings. The molecule has 1 rings (SSSR count). The Bertz CT molecular complexity index is 364. The molecule has 2 N–H and O–H groups in total. The summed E-state index contributed by atoms with van der Waals surface area (Å²) < 4.78 is 0. The molecular weight excluding hydrogens is 244 g/mol. The smallest absolute Gasteiger partial charge is 0.320 e. The van der Waals surface area contributed by atoms with Crippen molar-refractivity contribution in [1.29, 1.82) is 0 Å². The van der Waals surface area contributed by atoms with Crippen molar-refractivity contribution in [2.24, 2.45) is 5.92 Å². The van der Waals surface area contributed by atoms with E-state index in [9.17, 15) is 9.59 Å². The van der Waals surface area contributed by atoms with Crippen molar-refractivity contribution in [2.75, 3.05) is 13.6 Å². The fourth-order valence-electron chi connectivity index (χ4n) is 2.19. The molecule has 0 aliphatic heterocycles. The molecule has 1 aliphatic carbocycles. The normalized spacial score (nSPS) is 16.3. The summed E-state index contributed by atoms with van der Waals surface area (Å²) in [6.07, 6.45) is 5.63. The van der Waals surface area contributed by atoms with E-state index in [2.05, 4.69) is 11.4 Å². The van der Waals surface area contributed by atoms with Gasteiger partial charge in [0, 0.05) is 12.7 Å². The van der Waals surface area contributed by atoms with Crippen LogP contribution in [0.2, 0.25) is 0 Å². The van der Waals surface area contributed by atoms with Gasteiger partial charge in [0.15, 0.2) is 0 Å². The lowest BCUT2D eigenvalue weighted by Gasteiger charge is -2.21. The van der Waals surface area contributed by atoms with Gasteiger partial charge in [0.25, 0.3) is 0 Å². The summed E-state index contributed by atoms with van der Waals surface area (Å²) in [7, 11) is 1.75. The minimum atomic E-state index is -0.899. The van der Waals surface area contributed by atoms with Crippen molar-refractivity contribution >= 4 is 11.9 Å². The lowest BCUT2D eigenvalue weighted by Crippen LogP contribution is -2.43. The molecule has 19 heavy (non-hydrogen) atoms. The van der Waals surface area contributed by atoms with Crippen molar-refractivity contribution in [2.45, 2.75) is 45.6 Å². The van der Waals surface area contributed by atoms with Gasteiger partial charge in [-0.3, -0.25) is 14.9 Å². The third-order valence-corrected chi connectivity index (χ3v) is 3.33. The van der Waals surface area contributed by atoms with Crippen LogP contribution in [-0.4, -0.2) is 41.5 Å². The van der Waals surface area contributed by atoms with E-state index in [0.29, 0.717) is 6.42 Å². The highest BCUT2D eigenvalue weighted by Crippen LogP contribution is 2.20. The predicted molar refractivity (Wildman–Crippen MR) is 73.6 cm³/mol. The molecule has 1 amide bonds. The molecule has 0 aromatic carbocycles. The van der Waals surface area contributed by atoms with E-state index in [4.69, 9.17) is 5.11 Å². The van der Waals surface area contributed by atoms with E-state index in [1.165, 1.54) is 0 Å². The zero-order chi connectivity index (χ0) is 14.4. The summed E-state index contributed by atoms with van der Waals surface area (Å²) in [5.41, 5.74) is 1.04. The highest BCUT2D eigenvalue weighted by Gasteiger charge is 2.21. The van der Waals surface area contributed by atoms with E-state index in [-0.39, 0.29) is 18.4 Å². The Labute approximate surface area is 114 Å². The maximum atomic E-state index is 12.0. The first-order valence-corrected chi connectivity index (χ1v) is 6.83. The average Bonchev–Trinajstić information content (AvgIpc) is 2.85. The summed E-state index contributed by atoms with van der Waals surface area (Å²) in [6.45, 7) is 4.00. The zero-order valence-corrected chi connectivity index (χ0v) is 12.0. The van der Waals surface area contributed by atoms with Gasteiger partial charge in [-0.1, -0.05) is 19.9 Å². The summed E-state index contributed by atoms with van der Waals surface area (Å²) in [5.74, 6) is -0.702. The molecule has 5 nitrogen and oxygen atoms in total. The van der Waals surface area contributed by atoms with Crippen LogP contribution in [0.4, 0.5) is 0 Å². The number of allylic oxidation sites excluding steroid dienone is 2. The van der Waals surface area contributed by atoms with Gasteiger partial charge in [-0.2, -0.15) is 0 Å². The second-order valence-corrected chi connectivity index (χ2v) is 5.44. The average molecular weight is 268 g/mol. The van der Waals surface area contributed by atoms with Gasteiger partial charge in [0.2, 0.25) is 5.91 Å². The van der Waals surface area contributed by atoms with Crippen molar-refractivity contribution in [3.8, 4) is 0 Å². The van der Waals surface area contributed by atoms with E-state index in [1.54, 1.807) is 11.9 Å². The predicted octanol–water partition coefficient (Wildman–Crippen LogP) is 1.60. The topological polar surface area (TPSA) is 69.6 Å². The molecule has 0 aromatic rings. The minimum Gasteiger partial charge on any atom is -0.480 e. The van der Waals surface area contributed by atoms with Crippen molar-refractivity contribution in [3.63, 3.8) is 0 Å². The van der Waals surface area contributed by atoms with Crippen molar-refractivity contribution < 1.29 is 14.7 Å². The molecule has 0 spiro atoms. The molecule has 5 heteroatoms. The van der Waals surface area contributed by atoms with Crippen molar-refractivity contribution in [1.82, 2.24) is 10.2 Å². The Balaban J connectivity index is 2.44. The number of carbonyl (C=O) groups is 2. The van der Waals surface area contributed by atoms with E-state index < -0.39 is 12.0 Å². The molecular formula is C14H24N2O3. The molecule has 108 valence electrons. The highest BCUT2D eigenvalue weighted by molar-refractivity contribution is 5.81. The quantitative estimate of drug-likeness (QED) is 0.736. The van der Waals surface area contributed by atoms with Gasteiger partial charge in [0.05, 0.1) is 6.54 Å². The second kappa shape index (κ2) is 7.28. The van der Waals surface area contributed by atoms with Crippen LogP contribution < -0.4 is 5.32 Å². The third kappa shape index (κ3) is 5.03. The van der Waals surface area contributed by atoms with Crippen LogP contribution in [0.5, 0.6) is 0 Å². The van der Waals surface area contributed by atoms with Crippen LogP contribution >= 0.6 is 0 Å². The van der Waals surface area contributed by atoms with Crippen LogP contribution in [0.25, 0.3) is 0 Å². The number of amides is 1. The first kappa shape index (κ1) is 15.7. The molecule has 1 atom stereocenters. The summed E-state index contributed by atoms with van der Waals surface area (Å²) >= 11 is 0. The molecule has 0 heterocycles. The number of hydrogen-bond acceptors (Lipinski definition) is 3. The second-order valence-electron chi connectivity index (χ2n) is 5.44. The maximum Gasteiger partial charge on any atom is 0.320 e. The van der Waals surface area contributed by atoms with Crippen LogP contribution in [-0.2, 0) is 9.59 Å². The number of nitrogens with one attached hydrogen (secondary N) is 1. The number of carboxylic acids is 1. The van der Waals surface area contributed by atoms with Gasteiger partial charge in [0.1, 0.15) is 6.04 Å². The van der Waals surface area contributed by atoms with E-state index in [1.807, 2.05) is 13.8 Å². The summed E-state index contributed by atoms with van der Waals surface area (Å²) in [5, 5.41) is 11.9. The van der Waals surface area contributed by atoms with Gasteiger partial charge < -0.3 is 10.0 Å². The molecule has 0 radical (unpaired) electrons. The Kier molecular flexibility index (Phi) is 6.02. The third-order valence-electron chi connectivity index (χ3n) is 3.33. The lowest BCUT2D eigenvalue weighted by molar-refractivity contribution is -0.140. The molecule has 0 bridgehead atoms. The fourth-order valence-corrected chi connectivity index (χ4v) is 2.19. The maximum absolute atomic E-state index is 12.0. The lowest BCUT2D eigenvalue weighted by atomic mass is 10.0. The Hall–Kier alpha value is -1.36. The number of hydrogen-bond donors (Lipinski definition) is 2. The van der Waals surface area contributed by atoms with Crippen LogP contribution in [0.1, 0.15) is 39.5 Å². The molecule has 1 unspecified atom stereocenters. The minimum absolute atomic E-state index is 0.0670.